The molecule has 0 aliphatic rings. The van der Waals surface area contributed by atoms with E-state index in [1.807, 2.05) is 24.3 Å². The summed E-state index contributed by atoms with van der Waals surface area (Å²) in [6, 6.07) is 9.32. The third-order valence-corrected chi connectivity index (χ3v) is 3.01. The Morgan fingerprint density at radius 1 is 1.42 bits per heavy atom. The summed E-state index contributed by atoms with van der Waals surface area (Å²) in [4.78, 5) is 11.8. The molecule has 19 heavy (non-hydrogen) atoms. The van der Waals surface area contributed by atoms with E-state index < -0.39 is 0 Å². The topological polar surface area (TPSA) is 67.2 Å². The number of carbonyl (C=O) groups excluding carboxylic acids is 1. The molecule has 2 aromatic rings. The van der Waals surface area contributed by atoms with Gasteiger partial charge in [-0.25, -0.2) is 4.68 Å². The second-order valence-electron chi connectivity index (χ2n) is 3.96. The molecular formula is C13H14BrN3O2. The lowest BCUT2D eigenvalue weighted by Crippen LogP contribution is -2.25. The van der Waals surface area contributed by atoms with Gasteiger partial charge in [0.2, 0.25) is 0 Å². The molecule has 0 aliphatic carbocycles. The van der Waals surface area contributed by atoms with Crippen LogP contribution in [0.2, 0.25) is 0 Å². The lowest BCUT2D eigenvalue weighted by Gasteiger charge is -2.02. The highest BCUT2D eigenvalue weighted by Crippen LogP contribution is 2.15. The van der Waals surface area contributed by atoms with Gasteiger partial charge in [-0.15, -0.1) is 0 Å². The van der Waals surface area contributed by atoms with Gasteiger partial charge in [0.25, 0.3) is 5.91 Å². The summed E-state index contributed by atoms with van der Waals surface area (Å²) in [7, 11) is 0. The van der Waals surface area contributed by atoms with Crippen molar-refractivity contribution in [3.05, 3.63) is 46.7 Å². The van der Waals surface area contributed by atoms with Crippen LogP contribution in [0.4, 0.5) is 0 Å². The molecule has 0 fully saturated rings. The molecule has 1 heterocycles. The van der Waals surface area contributed by atoms with Crippen molar-refractivity contribution in [1.29, 1.82) is 0 Å². The Hall–Kier alpha value is -1.66. The number of rotatable bonds is 5. The van der Waals surface area contributed by atoms with Crippen LogP contribution in [-0.4, -0.2) is 33.9 Å². The summed E-state index contributed by atoms with van der Waals surface area (Å²) in [5.74, 6) is -0.234. The largest absolute Gasteiger partial charge is 0.396 e. The van der Waals surface area contributed by atoms with Crippen molar-refractivity contribution in [3.63, 3.8) is 0 Å². The quantitative estimate of drug-likeness (QED) is 0.824. The Bertz CT molecular complexity index is 569. The highest BCUT2D eigenvalue weighted by Gasteiger charge is 2.09. The number of amides is 1. The minimum Gasteiger partial charge on any atom is -0.396 e. The maximum absolute atomic E-state index is 11.8. The number of nitrogens with zero attached hydrogens (tertiary/aromatic N) is 2. The third-order valence-electron chi connectivity index (χ3n) is 2.51. The van der Waals surface area contributed by atoms with Crippen LogP contribution in [0.15, 0.2) is 41.0 Å². The second-order valence-corrected chi connectivity index (χ2v) is 4.87. The normalized spacial score (nSPS) is 10.4. The lowest BCUT2D eigenvalue weighted by atomic mass is 10.3. The minimum atomic E-state index is -0.234. The van der Waals surface area contributed by atoms with Gasteiger partial charge in [0.15, 0.2) is 5.69 Å². The van der Waals surface area contributed by atoms with Gasteiger partial charge >= 0.3 is 0 Å². The molecule has 0 atom stereocenters. The number of benzene rings is 1. The summed E-state index contributed by atoms with van der Waals surface area (Å²) in [6.07, 6.45) is 2.28. The van der Waals surface area contributed by atoms with Gasteiger partial charge in [-0.1, -0.05) is 22.0 Å². The highest BCUT2D eigenvalue weighted by atomic mass is 79.9. The molecule has 6 heteroatoms. The van der Waals surface area contributed by atoms with Crippen LogP contribution in [0.5, 0.6) is 0 Å². The molecule has 2 N–H and O–H groups in total. The molecule has 0 saturated heterocycles. The van der Waals surface area contributed by atoms with Gasteiger partial charge in [-0.2, -0.15) is 5.10 Å². The molecule has 0 saturated carbocycles. The summed E-state index contributed by atoms with van der Waals surface area (Å²) < 4.78 is 2.60. The zero-order valence-corrected chi connectivity index (χ0v) is 11.8. The number of aromatic nitrogens is 2. The summed E-state index contributed by atoms with van der Waals surface area (Å²) in [5.41, 5.74) is 1.24. The average Bonchev–Trinajstić information content (AvgIpc) is 2.88. The molecule has 5 nitrogen and oxygen atoms in total. The molecule has 1 aromatic heterocycles. The zero-order valence-electron chi connectivity index (χ0n) is 10.2. The van der Waals surface area contributed by atoms with E-state index in [-0.39, 0.29) is 12.5 Å². The fourth-order valence-corrected chi connectivity index (χ4v) is 1.97. The van der Waals surface area contributed by atoms with Crippen molar-refractivity contribution in [1.82, 2.24) is 15.1 Å². The maximum atomic E-state index is 11.8. The van der Waals surface area contributed by atoms with E-state index in [1.54, 1.807) is 16.9 Å². The number of aliphatic hydroxyl groups excluding tert-OH is 1. The van der Waals surface area contributed by atoms with Crippen LogP contribution in [0, 0.1) is 0 Å². The van der Waals surface area contributed by atoms with Crippen molar-refractivity contribution >= 4 is 21.8 Å². The first kappa shape index (κ1) is 13.8. The molecule has 0 aliphatic heterocycles. The Kier molecular flexibility index (Phi) is 4.70. The molecule has 1 amide bonds. The fraction of sp³-hybridized carbons (Fsp3) is 0.231. The summed E-state index contributed by atoms with van der Waals surface area (Å²) in [5, 5.41) is 15.6. The second kappa shape index (κ2) is 6.49. The van der Waals surface area contributed by atoms with Crippen molar-refractivity contribution in [2.75, 3.05) is 13.2 Å². The predicted octanol–water partition coefficient (Wildman–Crippen LogP) is 1.75. The van der Waals surface area contributed by atoms with Crippen molar-refractivity contribution in [2.45, 2.75) is 6.42 Å². The van der Waals surface area contributed by atoms with Gasteiger partial charge in [-0.3, -0.25) is 4.79 Å². The third kappa shape index (κ3) is 3.65. The number of carbonyl (C=O) groups is 1. The monoisotopic (exact) mass is 323 g/mol. The SMILES string of the molecule is O=C(NCCCO)c1ccn(-c2cccc(Br)c2)n1. The first-order valence-electron chi connectivity index (χ1n) is 5.91. The van der Waals surface area contributed by atoms with Gasteiger partial charge in [0, 0.05) is 23.8 Å². The van der Waals surface area contributed by atoms with Gasteiger partial charge in [-0.05, 0) is 30.7 Å². The molecule has 0 radical (unpaired) electrons. The average molecular weight is 324 g/mol. The van der Waals surface area contributed by atoms with Crippen molar-refractivity contribution in [2.24, 2.45) is 0 Å². The van der Waals surface area contributed by atoms with E-state index >= 15 is 0 Å². The summed E-state index contributed by atoms with van der Waals surface area (Å²) >= 11 is 3.39. The smallest absolute Gasteiger partial charge is 0.271 e. The molecule has 100 valence electrons. The predicted molar refractivity (Wildman–Crippen MR) is 75.3 cm³/mol. The van der Waals surface area contributed by atoms with Gasteiger partial charge in [0.1, 0.15) is 0 Å². The minimum absolute atomic E-state index is 0.0623. The Balaban J connectivity index is 2.08. The van der Waals surface area contributed by atoms with E-state index in [4.69, 9.17) is 5.11 Å². The zero-order chi connectivity index (χ0) is 13.7. The van der Waals surface area contributed by atoms with E-state index in [0.717, 1.165) is 10.2 Å². The van der Waals surface area contributed by atoms with Crippen LogP contribution in [0.25, 0.3) is 5.69 Å². The highest BCUT2D eigenvalue weighted by molar-refractivity contribution is 9.10. The Morgan fingerprint density at radius 2 is 2.26 bits per heavy atom. The molecule has 0 unspecified atom stereocenters. The van der Waals surface area contributed by atoms with Crippen molar-refractivity contribution < 1.29 is 9.90 Å². The number of aliphatic hydroxyl groups is 1. The molecule has 2 rings (SSSR count). The van der Waals surface area contributed by atoms with Gasteiger partial charge in [0.05, 0.1) is 5.69 Å². The standard InChI is InChI=1S/C13H14BrN3O2/c14-10-3-1-4-11(9-10)17-7-5-12(16-17)13(19)15-6-2-8-18/h1,3-5,7,9,18H,2,6,8H2,(H,15,19). The van der Waals surface area contributed by atoms with Gasteiger partial charge < -0.3 is 10.4 Å². The van der Waals surface area contributed by atoms with Crippen LogP contribution in [-0.2, 0) is 0 Å². The van der Waals surface area contributed by atoms with Crippen molar-refractivity contribution in [3.8, 4) is 5.69 Å². The van der Waals surface area contributed by atoms with E-state index in [9.17, 15) is 4.79 Å². The Labute approximate surface area is 119 Å². The first-order chi connectivity index (χ1) is 9.20. The molecule has 1 aromatic carbocycles. The Morgan fingerprint density at radius 3 is 3.00 bits per heavy atom. The van der Waals surface area contributed by atoms with E-state index in [2.05, 4.69) is 26.3 Å². The number of halogens is 1. The van der Waals surface area contributed by atoms with Crippen LogP contribution in [0.1, 0.15) is 16.9 Å². The molecule has 0 bridgehead atoms. The van der Waals surface area contributed by atoms with Crippen LogP contribution < -0.4 is 5.32 Å². The first-order valence-corrected chi connectivity index (χ1v) is 6.70. The maximum Gasteiger partial charge on any atom is 0.271 e. The number of nitrogens with one attached hydrogen (secondary N) is 1. The molecule has 0 spiro atoms. The molecular weight excluding hydrogens is 310 g/mol. The van der Waals surface area contributed by atoms with Crippen LogP contribution >= 0.6 is 15.9 Å². The van der Waals surface area contributed by atoms with E-state index in [1.165, 1.54) is 0 Å². The lowest BCUT2D eigenvalue weighted by molar-refractivity contribution is 0.0945. The fourth-order valence-electron chi connectivity index (χ4n) is 1.58. The number of hydrogen-bond donors (Lipinski definition) is 2. The van der Waals surface area contributed by atoms with Crippen LogP contribution in [0.3, 0.4) is 0 Å². The number of hydrogen-bond acceptors (Lipinski definition) is 3. The van der Waals surface area contributed by atoms with E-state index in [0.29, 0.717) is 18.7 Å². The summed E-state index contributed by atoms with van der Waals surface area (Å²) in [6.45, 7) is 0.506.